The summed E-state index contributed by atoms with van der Waals surface area (Å²) in [6.07, 6.45) is 4.86. The molecule has 0 bridgehead atoms. The molecule has 2 aliphatic heterocycles. The molecule has 0 unspecified atom stereocenters. The van der Waals surface area contributed by atoms with Crippen LogP contribution in [-0.4, -0.2) is 48.4 Å². The Morgan fingerprint density at radius 1 is 1.21 bits per heavy atom. The van der Waals surface area contributed by atoms with Gasteiger partial charge in [0, 0.05) is 19.6 Å². The third-order valence-corrected chi connectivity index (χ3v) is 4.43. The van der Waals surface area contributed by atoms with Crippen molar-refractivity contribution in [3.63, 3.8) is 0 Å². The topological polar surface area (TPSA) is 47.3 Å². The van der Waals surface area contributed by atoms with E-state index in [4.69, 9.17) is 5.26 Å². The van der Waals surface area contributed by atoms with Crippen LogP contribution in [-0.2, 0) is 4.79 Å². The van der Waals surface area contributed by atoms with Gasteiger partial charge in [0.15, 0.2) is 0 Å². The molecule has 0 aliphatic carbocycles. The number of carbonyl (C=O) groups excluding carboxylic acids is 1. The molecule has 0 radical (unpaired) electrons. The van der Waals surface area contributed by atoms with Gasteiger partial charge in [-0.15, -0.1) is 0 Å². The Balaban J connectivity index is 1.79. The van der Waals surface area contributed by atoms with E-state index >= 15 is 0 Å². The van der Waals surface area contributed by atoms with Crippen molar-refractivity contribution in [1.29, 1.82) is 5.26 Å². The van der Waals surface area contributed by atoms with Gasteiger partial charge in [0.05, 0.1) is 6.07 Å². The van der Waals surface area contributed by atoms with E-state index in [1.165, 1.54) is 32.5 Å². The lowest BCUT2D eigenvalue weighted by Gasteiger charge is -2.36. The molecule has 0 aromatic heterocycles. The Morgan fingerprint density at radius 2 is 1.79 bits per heavy atom. The zero-order chi connectivity index (χ0) is 13.9. The number of carbonyl (C=O) groups is 1. The van der Waals surface area contributed by atoms with Crippen molar-refractivity contribution in [3.05, 3.63) is 0 Å². The highest BCUT2D eigenvalue weighted by molar-refractivity contribution is 5.84. The van der Waals surface area contributed by atoms with E-state index < -0.39 is 5.41 Å². The van der Waals surface area contributed by atoms with Gasteiger partial charge in [-0.1, -0.05) is 0 Å². The molecule has 2 saturated heterocycles. The fraction of sp³-hybridized carbons (Fsp3) is 0.867. The number of hydrogen-bond acceptors (Lipinski definition) is 3. The van der Waals surface area contributed by atoms with Crippen LogP contribution >= 0.6 is 0 Å². The highest BCUT2D eigenvalue weighted by atomic mass is 16.2. The van der Waals surface area contributed by atoms with Crippen LogP contribution < -0.4 is 0 Å². The highest BCUT2D eigenvalue weighted by Gasteiger charge is 2.34. The molecule has 0 aromatic carbocycles. The lowest BCUT2D eigenvalue weighted by atomic mass is 9.90. The van der Waals surface area contributed by atoms with E-state index in [1.54, 1.807) is 13.8 Å². The third kappa shape index (κ3) is 3.48. The molecular weight excluding hydrogens is 238 g/mol. The molecule has 106 valence electrons. The quantitative estimate of drug-likeness (QED) is 0.781. The maximum atomic E-state index is 12.2. The van der Waals surface area contributed by atoms with Crippen LogP contribution in [0, 0.1) is 22.7 Å². The first-order valence-electron chi connectivity index (χ1n) is 7.46. The molecule has 2 fully saturated rings. The van der Waals surface area contributed by atoms with Gasteiger partial charge in [-0.2, -0.15) is 5.26 Å². The molecule has 2 aliphatic rings. The minimum absolute atomic E-state index is 0.00498. The van der Waals surface area contributed by atoms with Gasteiger partial charge in [-0.25, -0.2) is 0 Å². The third-order valence-electron chi connectivity index (χ3n) is 4.43. The number of amides is 1. The zero-order valence-electron chi connectivity index (χ0n) is 12.2. The van der Waals surface area contributed by atoms with E-state index in [2.05, 4.69) is 11.0 Å². The summed E-state index contributed by atoms with van der Waals surface area (Å²) in [7, 11) is 0. The summed E-state index contributed by atoms with van der Waals surface area (Å²) in [4.78, 5) is 16.6. The first-order valence-corrected chi connectivity index (χ1v) is 7.46. The summed E-state index contributed by atoms with van der Waals surface area (Å²) < 4.78 is 0. The molecule has 1 amide bonds. The van der Waals surface area contributed by atoms with Crippen LogP contribution in [0.15, 0.2) is 0 Å². The van der Waals surface area contributed by atoms with Crippen molar-refractivity contribution in [2.24, 2.45) is 11.3 Å². The average molecular weight is 263 g/mol. The van der Waals surface area contributed by atoms with Crippen molar-refractivity contribution in [2.75, 3.05) is 32.7 Å². The van der Waals surface area contributed by atoms with Crippen molar-refractivity contribution in [3.8, 4) is 6.07 Å². The molecule has 0 spiro atoms. The van der Waals surface area contributed by atoms with E-state index in [-0.39, 0.29) is 5.91 Å². The SMILES string of the molecule is CC(C)(C#N)C(=O)N1CCC(CN2CCCC2)CC1. The molecule has 0 aromatic rings. The number of hydrogen-bond donors (Lipinski definition) is 0. The Morgan fingerprint density at radius 3 is 2.32 bits per heavy atom. The molecule has 0 saturated carbocycles. The van der Waals surface area contributed by atoms with Gasteiger partial charge in [0.25, 0.3) is 0 Å². The van der Waals surface area contributed by atoms with Crippen LogP contribution in [0.3, 0.4) is 0 Å². The van der Waals surface area contributed by atoms with E-state index in [0.717, 1.165) is 31.8 Å². The van der Waals surface area contributed by atoms with E-state index in [9.17, 15) is 4.79 Å². The fourth-order valence-corrected chi connectivity index (χ4v) is 3.09. The number of rotatable bonds is 3. The van der Waals surface area contributed by atoms with Gasteiger partial charge in [0.2, 0.25) is 5.91 Å². The van der Waals surface area contributed by atoms with Crippen LogP contribution in [0.25, 0.3) is 0 Å². The van der Waals surface area contributed by atoms with E-state index in [1.807, 2.05) is 4.90 Å². The molecule has 4 nitrogen and oxygen atoms in total. The fourth-order valence-electron chi connectivity index (χ4n) is 3.09. The molecular formula is C15H25N3O. The van der Waals surface area contributed by atoms with Crippen molar-refractivity contribution < 1.29 is 4.79 Å². The Labute approximate surface area is 116 Å². The summed E-state index contributed by atoms with van der Waals surface area (Å²) in [6.45, 7) is 8.77. The largest absolute Gasteiger partial charge is 0.341 e. The molecule has 0 atom stereocenters. The van der Waals surface area contributed by atoms with Crippen LogP contribution in [0.5, 0.6) is 0 Å². The van der Waals surface area contributed by atoms with Crippen molar-refractivity contribution in [1.82, 2.24) is 9.80 Å². The zero-order valence-corrected chi connectivity index (χ0v) is 12.2. The van der Waals surface area contributed by atoms with Crippen LogP contribution in [0.4, 0.5) is 0 Å². The van der Waals surface area contributed by atoms with Crippen LogP contribution in [0.1, 0.15) is 39.5 Å². The van der Waals surface area contributed by atoms with Crippen LogP contribution in [0.2, 0.25) is 0 Å². The summed E-state index contributed by atoms with van der Waals surface area (Å²) in [6, 6.07) is 2.11. The molecule has 19 heavy (non-hydrogen) atoms. The molecule has 2 heterocycles. The Hall–Kier alpha value is -1.08. The van der Waals surface area contributed by atoms with Gasteiger partial charge in [-0.3, -0.25) is 4.79 Å². The van der Waals surface area contributed by atoms with Gasteiger partial charge >= 0.3 is 0 Å². The normalized spacial score (nSPS) is 22.5. The summed E-state index contributed by atoms with van der Waals surface area (Å²) in [5, 5.41) is 9.03. The molecule has 0 N–H and O–H groups in total. The minimum atomic E-state index is -0.873. The smallest absolute Gasteiger partial charge is 0.242 e. The van der Waals surface area contributed by atoms with Gasteiger partial charge < -0.3 is 9.80 Å². The average Bonchev–Trinajstić information content (AvgIpc) is 2.91. The number of likely N-dealkylation sites (tertiary alicyclic amines) is 2. The second-order valence-electron chi connectivity index (χ2n) is 6.48. The second-order valence-corrected chi connectivity index (χ2v) is 6.48. The maximum absolute atomic E-state index is 12.2. The number of piperidine rings is 1. The predicted octanol–water partition coefficient (Wildman–Crippen LogP) is 1.87. The Kier molecular flexibility index (Phi) is 4.46. The minimum Gasteiger partial charge on any atom is -0.341 e. The maximum Gasteiger partial charge on any atom is 0.242 e. The predicted molar refractivity (Wildman–Crippen MR) is 74.4 cm³/mol. The van der Waals surface area contributed by atoms with E-state index in [0.29, 0.717) is 0 Å². The van der Waals surface area contributed by atoms with Gasteiger partial charge in [-0.05, 0) is 58.5 Å². The van der Waals surface area contributed by atoms with Gasteiger partial charge in [0.1, 0.15) is 5.41 Å². The lowest BCUT2D eigenvalue weighted by molar-refractivity contribution is -0.139. The number of nitrogens with zero attached hydrogens (tertiary/aromatic N) is 3. The summed E-state index contributed by atoms with van der Waals surface area (Å²) in [5.41, 5.74) is -0.873. The number of nitriles is 1. The monoisotopic (exact) mass is 263 g/mol. The highest BCUT2D eigenvalue weighted by Crippen LogP contribution is 2.24. The Bertz CT molecular complexity index is 358. The standard InChI is InChI=1S/C15H25N3O/c1-15(2,12-16)14(19)18-9-5-13(6-10-18)11-17-7-3-4-8-17/h13H,3-11H2,1-2H3. The molecule has 2 rings (SSSR count). The summed E-state index contributed by atoms with van der Waals surface area (Å²) >= 11 is 0. The lowest BCUT2D eigenvalue weighted by Crippen LogP contribution is -2.46. The van der Waals surface area contributed by atoms with Crippen molar-refractivity contribution in [2.45, 2.75) is 39.5 Å². The first kappa shape index (κ1) is 14.3. The first-order chi connectivity index (χ1) is 9.03. The van der Waals surface area contributed by atoms with Crippen molar-refractivity contribution >= 4 is 5.91 Å². The molecule has 4 heteroatoms. The second kappa shape index (κ2) is 5.92. The summed E-state index contributed by atoms with van der Waals surface area (Å²) in [5.74, 6) is 0.724.